The maximum Gasteiger partial charge on any atom is 0.240 e. The van der Waals surface area contributed by atoms with Crippen LogP contribution >= 0.6 is 0 Å². The Morgan fingerprint density at radius 1 is 1.44 bits per heavy atom. The summed E-state index contributed by atoms with van der Waals surface area (Å²) < 4.78 is 0. The van der Waals surface area contributed by atoms with Crippen molar-refractivity contribution in [1.82, 2.24) is 10.2 Å². The first kappa shape index (κ1) is 13.1. The molecule has 2 rings (SSSR count). The number of nitrogens with one attached hydrogen (secondary N) is 1. The van der Waals surface area contributed by atoms with Crippen molar-refractivity contribution in [2.24, 2.45) is 0 Å². The number of carbonyl (C=O) groups is 1. The van der Waals surface area contributed by atoms with E-state index in [-0.39, 0.29) is 18.0 Å². The lowest BCUT2D eigenvalue weighted by Gasteiger charge is -2.28. The molecular formula is C14H20N2O2. The molecule has 0 spiro atoms. The van der Waals surface area contributed by atoms with Gasteiger partial charge in [0, 0.05) is 13.6 Å². The maximum absolute atomic E-state index is 12.3. The molecule has 0 saturated carbocycles. The van der Waals surface area contributed by atoms with Gasteiger partial charge in [-0.25, -0.2) is 0 Å². The first-order chi connectivity index (χ1) is 8.59. The van der Waals surface area contributed by atoms with Crippen molar-refractivity contribution in [2.75, 3.05) is 13.6 Å². The molecule has 1 aliphatic rings. The van der Waals surface area contributed by atoms with Gasteiger partial charge in [0.15, 0.2) is 0 Å². The summed E-state index contributed by atoms with van der Waals surface area (Å²) in [6, 6.07) is 9.74. The Bertz CT molecular complexity index is 408. The number of aliphatic hydroxyl groups excluding tert-OH is 1. The van der Waals surface area contributed by atoms with E-state index in [4.69, 9.17) is 0 Å². The van der Waals surface area contributed by atoms with Crippen molar-refractivity contribution in [3.05, 3.63) is 35.9 Å². The van der Waals surface area contributed by atoms with Gasteiger partial charge in [-0.3, -0.25) is 4.79 Å². The number of amides is 1. The zero-order valence-corrected chi connectivity index (χ0v) is 10.8. The highest BCUT2D eigenvalue weighted by Crippen LogP contribution is 2.20. The van der Waals surface area contributed by atoms with E-state index in [0.29, 0.717) is 13.0 Å². The monoisotopic (exact) mass is 248 g/mol. The van der Waals surface area contributed by atoms with E-state index in [1.54, 1.807) is 4.90 Å². The van der Waals surface area contributed by atoms with E-state index in [1.165, 1.54) is 0 Å². The highest BCUT2D eigenvalue weighted by Gasteiger charge is 2.31. The van der Waals surface area contributed by atoms with E-state index < -0.39 is 6.10 Å². The standard InChI is InChI=1S/C14H20N2O2/c1-10(11-6-4-3-5-7-11)16(2)14(18)13-8-12(17)9-15-13/h3-7,10,12-13,15,17H,8-9H2,1-2H3. The van der Waals surface area contributed by atoms with Gasteiger partial charge in [-0.1, -0.05) is 30.3 Å². The van der Waals surface area contributed by atoms with Gasteiger partial charge in [-0.2, -0.15) is 0 Å². The number of benzene rings is 1. The molecule has 3 atom stereocenters. The molecule has 4 nitrogen and oxygen atoms in total. The molecule has 18 heavy (non-hydrogen) atoms. The van der Waals surface area contributed by atoms with Gasteiger partial charge in [-0.05, 0) is 18.9 Å². The second-order valence-electron chi connectivity index (χ2n) is 4.89. The number of carbonyl (C=O) groups excluding carboxylic acids is 1. The maximum atomic E-state index is 12.3. The molecule has 1 amide bonds. The molecule has 98 valence electrons. The summed E-state index contributed by atoms with van der Waals surface area (Å²) in [4.78, 5) is 14.0. The van der Waals surface area contributed by atoms with Crippen LogP contribution in [0.15, 0.2) is 30.3 Å². The lowest BCUT2D eigenvalue weighted by Crippen LogP contribution is -2.42. The second-order valence-corrected chi connectivity index (χ2v) is 4.89. The fourth-order valence-electron chi connectivity index (χ4n) is 2.30. The van der Waals surface area contributed by atoms with Crippen LogP contribution in [0.25, 0.3) is 0 Å². The third-order valence-electron chi connectivity index (χ3n) is 3.62. The van der Waals surface area contributed by atoms with Crippen LogP contribution in [0.3, 0.4) is 0 Å². The molecule has 0 aromatic heterocycles. The van der Waals surface area contributed by atoms with E-state index in [9.17, 15) is 9.90 Å². The Hall–Kier alpha value is -1.39. The van der Waals surface area contributed by atoms with E-state index >= 15 is 0 Å². The zero-order valence-electron chi connectivity index (χ0n) is 10.8. The Morgan fingerprint density at radius 3 is 2.67 bits per heavy atom. The van der Waals surface area contributed by atoms with E-state index in [0.717, 1.165) is 5.56 Å². The molecule has 0 aliphatic carbocycles. The highest BCUT2D eigenvalue weighted by atomic mass is 16.3. The molecule has 1 fully saturated rings. The summed E-state index contributed by atoms with van der Waals surface area (Å²) in [5, 5.41) is 12.5. The first-order valence-electron chi connectivity index (χ1n) is 6.32. The average Bonchev–Trinajstić information content (AvgIpc) is 2.84. The minimum atomic E-state index is -0.403. The Labute approximate surface area is 108 Å². The Balaban J connectivity index is 2.02. The van der Waals surface area contributed by atoms with E-state index in [2.05, 4.69) is 5.32 Å². The van der Waals surface area contributed by atoms with Crippen LogP contribution in [0.1, 0.15) is 24.9 Å². The van der Waals surface area contributed by atoms with Crippen LogP contribution in [0, 0.1) is 0 Å². The largest absolute Gasteiger partial charge is 0.392 e. The SMILES string of the molecule is CC(c1ccccc1)N(C)C(=O)C1CC(O)CN1. The predicted octanol–water partition coefficient (Wildman–Crippen LogP) is 0.929. The summed E-state index contributed by atoms with van der Waals surface area (Å²) in [5.41, 5.74) is 1.12. The fraction of sp³-hybridized carbons (Fsp3) is 0.500. The molecule has 0 radical (unpaired) electrons. The van der Waals surface area contributed by atoms with Crippen LogP contribution in [0.2, 0.25) is 0 Å². The molecule has 4 heteroatoms. The topological polar surface area (TPSA) is 52.6 Å². The average molecular weight is 248 g/mol. The Kier molecular flexibility index (Phi) is 3.99. The van der Waals surface area contributed by atoms with Crippen molar-refractivity contribution in [1.29, 1.82) is 0 Å². The van der Waals surface area contributed by atoms with Gasteiger partial charge >= 0.3 is 0 Å². The van der Waals surface area contributed by atoms with E-state index in [1.807, 2.05) is 44.3 Å². The zero-order chi connectivity index (χ0) is 13.1. The molecule has 0 bridgehead atoms. The van der Waals surface area contributed by atoms with Crippen molar-refractivity contribution in [2.45, 2.75) is 31.5 Å². The van der Waals surface area contributed by atoms with Gasteiger partial charge in [0.2, 0.25) is 5.91 Å². The number of rotatable bonds is 3. The quantitative estimate of drug-likeness (QED) is 0.836. The van der Waals surface area contributed by atoms with Crippen molar-refractivity contribution in [3.63, 3.8) is 0 Å². The summed E-state index contributed by atoms with van der Waals surface area (Å²) in [6.45, 7) is 2.52. The lowest BCUT2D eigenvalue weighted by molar-refractivity contribution is -0.133. The summed E-state index contributed by atoms with van der Waals surface area (Å²) >= 11 is 0. The van der Waals surface area contributed by atoms with Gasteiger partial charge in [0.25, 0.3) is 0 Å². The Morgan fingerprint density at radius 2 is 2.11 bits per heavy atom. The number of hydrogen-bond acceptors (Lipinski definition) is 3. The molecule has 1 aromatic carbocycles. The summed E-state index contributed by atoms with van der Waals surface area (Å²) in [6.07, 6.45) is 0.101. The third kappa shape index (κ3) is 2.71. The number of aliphatic hydroxyl groups is 1. The number of hydrogen-bond donors (Lipinski definition) is 2. The molecule has 1 heterocycles. The minimum absolute atomic E-state index is 0.0400. The predicted molar refractivity (Wildman–Crippen MR) is 70.0 cm³/mol. The normalized spacial score (nSPS) is 24.8. The van der Waals surface area contributed by atoms with Crippen LogP contribution < -0.4 is 5.32 Å². The number of β-amino-alcohol motifs (C(OH)–C–C–N with tert-alkyl or cyclic N) is 1. The molecule has 3 unspecified atom stereocenters. The molecule has 2 N–H and O–H groups in total. The third-order valence-corrected chi connectivity index (χ3v) is 3.62. The van der Waals surface area contributed by atoms with Crippen molar-refractivity contribution >= 4 is 5.91 Å². The molecular weight excluding hydrogens is 228 g/mol. The van der Waals surface area contributed by atoms with Crippen molar-refractivity contribution in [3.8, 4) is 0 Å². The van der Waals surface area contributed by atoms with Gasteiger partial charge in [0.05, 0.1) is 18.2 Å². The lowest BCUT2D eigenvalue weighted by atomic mass is 10.1. The minimum Gasteiger partial charge on any atom is -0.392 e. The highest BCUT2D eigenvalue weighted by molar-refractivity contribution is 5.82. The second kappa shape index (κ2) is 5.50. The first-order valence-corrected chi connectivity index (χ1v) is 6.32. The number of nitrogens with zero attached hydrogens (tertiary/aromatic N) is 1. The summed E-state index contributed by atoms with van der Waals surface area (Å²) in [5.74, 6) is 0.0444. The van der Waals surface area contributed by atoms with Crippen LogP contribution in [-0.4, -0.2) is 41.7 Å². The van der Waals surface area contributed by atoms with Crippen molar-refractivity contribution < 1.29 is 9.90 Å². The molecule has 1 aliphatic heterocycles. The van der Waals surface area contributed by atoms with Gasteiger partial charge < -0.3 is 15.3 Å². The molecule has 1 saturated heterocycles. The van der Waals surface area contributed by atoms with Gasteiger partial charge in [0.1, 0.15) is 0 Å². The van der Waals surface area contributed by atoms with Crippen LogP contribution in [0.5, 0.6) is 0 Å². The smallest absolute Gasteiger partial charge is 0.240 e. The van der Waals surface area contributed by atoms with Crippen LogP contribution in [-0.2, 0) is 4.79 Å². The van der Waals surface area contributed by atoms with Crippen LogP contribution in [0.4, 0.5) is 0 Å². The molecule has 1 aromatic rings. The summed E-state index contributed by atoms with van der Waals surface area (Å²) in [7, 11) is 1.81. The number of likely N-dealkylation sites (N-methyl/N-ethyl adjacent to an activating group) is 1. The fourth-order valence-corrected chi connectivity index (χ4v) is 2.30. The van der Waals surface area contributed by atoms with Gasteiger partial charge in [-0.15, -0.1) is 0 Å².